The Morgan fingerprint density at radius 2 is 1.76 bits per heavy atom. The highest BCUT2D eigenvalue weighted by molar-refractivity contribution is 4.85. The van der Waals surface area contributed by atoms with Crippen molar-refractivity contribution < 1.29 is 8.78 Å². The van der Waals surface area contributed by atoms with Crippen LogP contribution in [0.25, 0.3) is 0 Å². The summed E-state index contributed by atoms with van der Waals surface area (Å²) in [5.74, 6) is -0.639. The van der Waals surface area contributed by atoms with Gasteiger partial charge in [-0.15, -0.1) is 0 Å². The van der Waals surface area contributed by atoms with Gasteiger partial charge < -0.3 is 5.32 Å². The molecule has 2 rings (SSSR count). The lowest BCUT2D eigenvalue weighted by atomic mass is 9.80. The highest BCUT2D eigenvalue weighted by Crippen LogP contribution is 2.38. The zero-order valence-electron chi connectivity index (χ0n) is 11.0. The number of halogens is 2. The van der Waals surface area contributed by atoms with Crippen LogP contribution in [0.1, 0.15) is 52.4 Å². The lowest BCUT2D eigenvalue weighted by molar-refractivity contribution is 0.00486. The van der Waals surface area contributed by atoms with Crippen LogP contribution in [-0.2, 0) is 0 Å². The van der Waals surface area contributed by atoms with Crippen molar-refractivity contribution in [2.24, 2.45) is 17.8 Å². The molecule has 2 saturated carbocycles. The van der Waals surface area contributed by atoms with Crippen molar-refractivity contribution in [2.45, 2.75) is 64.3 Å². The van der Waals surface area contributed by atoms with Crippen molar-refractivity contribution in [1.82, 2.24) is 5.32 Å². The Kier molecular flexibility index (Phi) is 4.06. The van der Waals surface area contributed by atoms with E-state index in [1.807, 2.05) is 0 Å². The number of hydrogen-bond donors (Lipinski definition) is 1. The van der Waals surface area contributed by atoms with E-state index in [9.17, 15) is 8.78 Å². The minimum Gasteiger partial charge on any atom is -0.314 e. The van der Waals surface area contributed by atoms with E-state index >= 15 is 0 Å². The third-order valence-corrected chi connectivity index (χ3v) is 4.38. The summed E-state index contributed by atoms with van der Waals surface area (Å²) >= 11 is 0. The lowest BCUT2D eigenvalue weighted by Gasteiger charge is -2.32. The maximum absolute atomic E-state index is 13.1. The van der Waals surface area contributed by atoms with E-state index in [2.05, 4.69) is 19.2 Å². The summed E-state index contributed by atoms with van der Waals surface area (Å²) < 4.78 is 26.1. The molecule has 0 aromatic carbocycles. The lowest BCUT2D eigenvalue weighted by Crippen LogP contribution is -2.38. The van der Waals surface area contributed by atoms with Crippen LogP contribution in [0.4, 0.5) is 8.78 Å². The molecule has 3 heteroatoms. The van der Waals surface area contributed by atoms with E-state index < -0.39 is 5.92 Å². The second-order valence-electron chi connectivity index (χ2n) is 6.49. The Hall–Kier alpha value is -0.180. The van der Waals surface area contributed by atoms with Crippen molar-refractivity contribution in [3.05, 3.63) is 0 Å². The maximum Gasteiger partial charge on any atom is 0.248 e. The molecule has 3 atom stereocenters. The normalized spacial score (nSPS) is 41.6. The molecule has 0 radical (unpaired) electrons. The molecular formula is C14H25F2N. The monoisotopic (exact) mass is 245 g/mol. The molecule has 100 valence electrons. The Bertz CT molecular complexity index is 245. The maximum atomic E-state index is 13.1. The molecular weight excluding hydrogens is 220 g/mol. The average molecular weight is 245 g/mol. The van der Waals surface area contributed by atoms with Gasteiger partial charge in [-0.2, -0.15) is 0 Å². The van der Waals surface area contributed by atoms with Crippen LogP contribution < -0.4 is 5.32 Å². The fraction of sp³-hybridized carbons (Fsp3) is 1.00. The second-order valence-corrected chi connectivity index (χ2v) is 6.49. The molecule has 0 bridgehead atoms. The van der Waals surface area contributed by atoms with Crippen LogP contribution >= 0.6 is 0 Å². The van der Waals surface area contributed by atoms with Gasteiger partial charge in [-0.3, -0.25) is 0 Å². The number of hydrogen-bond acceptors (Lipinski definition) is 1. The zero-order valence-corrected chi connectivity index (χ0v) is 11.0. The largest absolute Gasteiger partial charge is 0.314 e. The molecule has 1 nitrogen and oxygen atoms in total. The van der Waals surface area contributed by atoms with Crippen LogP contribution in [0.3, 0.4) is 0 Å². The van der Waals surface area contributed by atoms with E-state index in [0.29, 0.717) is 12.5 Å². The van der Waals surface area contributed by atoms with Crippen molar-refractivity contribution >= 4 is 0 Å². The summed E-state index contributed by atoms with van der Waals surface area (Å²) in [7, 11) is 0. The minimum atomic E-state index is -2.39. The molecule has 17 heavy (non-hydrogen) atoms. The third-order valence-electron chi connectivity index (χ3n) is 4.38. The summed E-state index contributed by atoms with van der Waals surface area (Å²) in [6.45, 7) is 5.39. The Labute approximate surface area is 103 Å². The molecule has 2 fully saturated rings. The molecule has 3 unspecified atom stereocenters. The van der Waals surface area contributed by atoms with Crippen molar-refractivity contribution in [3.63, 3.8) is 0 Å². The van der Waals surface area contributed by atoms with Gasteiger partial charge in [-0.25, -0.2) is 8.78 Å². The van der Waals surface area contributed by atoms with Gasteiger partial charge in [0.05, 0.1) is 0 Å². The summed E-state index contributed by atoms with van der Waals surface area (Å²) in [6.07, 6.45) is 4.63. The SMILES string of the molecule is CC1CC(C)CC(NCC2CCC(F)(F)C2)C1. The number of alkyl halides is 2. The van der Waals surface area contributed by atoms with Crippen molar-refractivity contribution in [2.75, 3.05) is 6.54 Å². The van der Waals surface area contributed by atoms with Crippen LogP contribution in [-0.4, -0.2) is 18.5 Å². The van der Waals surface area contributed by atoms with E-state index in [4.69, 9.17) is 0 Å². The Morgan fingerprint density at radius 1 is 1.12 bits per heavy atom. The number of rotatable bonds is 3. The van der Waals surface area contributed by atoms with Crippen LogP contribution in [0.15, 0.2) is 0 Å². The first-order chi connectivity index (χ1) is 7.94. The Morgan fingerprint density at radius 3 is 2.29 bits per heavy atom. The average Bonchev–Trinajstić information content (AvgIpc) is 2.54. The fourth-order valence-corrected chi connectivity index (χ4v) is 3.66. The van der Waals surface area contributed by atoms with Crippen molar-refractivity contribution in [1.29, 1.82) is 0 Å². The van der Waals surface area contributed by atoms with E-state index in [1.54, 1.807) is 0 Å². The highest BCUT2D eigenvalue weighted by Gasteiger charge is 2.39. The Balaban J connectivity index is 1.71. The van der Waals surface area contributed by atoms with Gasteiger partial charge in [0.1, 0.15) is 0 Å². The predicted octanol–water partition coefficient (Wildman–Crippen LogP) is 3.84. The van der Waals surface area contributed by atoms with Gasteiger partial charge in [-0.1, -0.05) is 13.8 Å². The zero-order chi connectivity index (χ0) is 12.5. The summed E-state index contributed by atoms with van der Waals surface area (Å²) in [5.41, 5.74) is 0. The van der Waals surface area contributed by atoms with Gasteiger partial charge in [0, 0.05) is 18.9 Å². The molecule has 0 aromatic heterocycles. The van der Waals surface area contributed by atoms with E-state index in [0.717, 1.165) is 18.4 Å². The smallest absolute Gasteiger partial charge is 0.248 e. The molecule has 0 aromatic rings. The van der Waals surface area contributed by atoms with Crippen LogP contribution in [0, 0.1) is 17.8 Å². The van der Waals surface area contributed by atoms with Gasteiger partial charge in [0.15, 0.2) is 0 Å². The van der Waals surface area contributed by atoms with E-state index in [-0.39, 0.29) is 18.8 Å². The molecule has 2 aliphatic carbocycles. The summed E-state index contributed by atoms with van der Waals surface area (Å²) in [6, 6.07) is 0.558. The first-order valence-corrected chi connectivity index (χ1v) is 7.06. The van der Waals surface area contributed by atoms with Gasteiger partial charge in [0.25, 0.3) is 0 Å². The van der Waals surface area contributed by atoms with Crippen LogP contribution in [0.5, 0.6) is 0 Å². The van der Waals surface area contributed by atoms with Crippen molar-refractivity contribution in [3.8, 4) is 0 Å². The van der Waals surface area contributed by atoms with Gasteiger partial charge >= 0.3 is 0 Å². The molecule has 0 amide bonds. The quantitative estimate of drug-likeness (QED) is 0.796. The standard InChI is InChI=1S/C14H25F2N/c1-10-5-11(2)7-13(6-10)17-9-12-3-4-14(15,16)8-12/h10-13,17H,3-9H2,1-2H3. The summed E-state index contributed by atoms with van der Waals surface area (Å²) in [5, 5.41) is 3.53. The van der Waals surface area contributed by atoms with E-state index in [1.165, 1.54) is 19.3 Å². The fourth-order valence-electron chi connectivity index (χ4n) is 3.66. The third kappa shape index (κ3) is 3.90. The van der Waals surface area contributed by atoms with Gasteiger partial charge in [0.2, 0.25) is 5.92 Å². The first-order valence-electron chi connectivity index (χ1n) is 7.06. The topological polar surface area (TPSA) is 12.0 Å². The highest BCUT2D eigenvalue weighted by atomic mass is 19.3. The molecule has 0 spiro atoms. The minimum absolute atomic E-state index is 0.0941. The molecule has 0 heterocycles. The predicted molar refractivity (Wildman–Crippen MR) is 66.3 cm³/mol. The first kappa shape index (κ1) is 13.3. The van der Waals surface area contributed by atoms with Crippen LogP contribution in [0.2, 0.25) is 0 Å². The molecule has 0 saturated heterocycles. The molecule has 0 aliphatic heterocycles. The molecule has 2 aliphatic rings. The number of nitrogens with one attached hydrogen (secondary N) is 1. The summed E-state index contributed by atoms with van der Waals surface area (Å²) in [4.78, 5) is 0. The second kappa shape index (κ2) is 5.21. The van der Waals surface area contributed by atoms with Gasteiger partial charge in [-0.05, 0) is 50.0 Å². The molecule has 1 N–H and O–H groups in total.